The van der Waals surface area contributed by atoms with E-state index in [-0.39, 0.29) is 11.8 Å². The van der Waals surface area contributed by atoms with Crippen molar-refractivity contribution in [2.45, 2.75) is 51.4 Å². The zero-order valence-electron chi connectivity index (χ0n) is 16.9. The molecule has 2 aromatic rings. The molecule has 0 bridgehead atoms. The van der Waals surface area contributed by atoms with Gasteiger partial charge in [-0.25, -0.2) is 0 Å². The van der Waals surface area contributed by atoms with Gasteiger partial charge in [0.25, 0.3) is 0 Å². The van der Waals surface area contributed by atoms with Crippen LogP contribution in [0, 0.1) is 0 Å². The van der Waals surface area contributed by atoms with Gasteiger partial charge in [0.05, 0.1) is 20.1 Å². The van der Waals surface area contributed by atoms with E-state index >= 15 is 0 Å². The number of carbonyl (C=O) groups is 1. The summed E-state index contributed by atoms with van der Waals surface area (Å²) in [6.07, 6.45) is 5.71. The number of amides is 1. The first-order valence-corrected chi connectivity index (χ1v) is 10.00. The normalized spacial score (nSPS) is 16.8. The van der Waals surface area contributed by atoms with Crippen LogP contribution < -0.4 is 9.47 Å². The largest absolute Gasteiger partial charge is 0.493 e. The Labute approximate surface area is 166 Å². The number of unbranched alkanes of at least 4 members (excludes halogenated alkanes) is 2. The summed E-state index contributed by atoms with van der Waals surface area (Å²) in [5, 5.41) is 4.14. The fraction of sp³-hybridized carbons (Fsp3) is 0.571. The Morgan fingerprint density at radius 3 is 2.82 bits per heavy atom. The molecule has 0 radical (unpaired) electrons. The Morgan fingerprint density at radius 1 is 1.25 bits per heavy atom. The van der Waals surface area contributed by atoms with Crippen LogP contribution in [0.1, 0.15) is 57.3 Å². The lowest BCUT2D eigenvalue weighted by molar-refractivity contribution is -0.132. The van der Waals surface area contributed by atoms with Gasteiger partial charge in [0.1, 0.15) is 0 Å². The predicted octanol–water partition coefficient (Wildman–Crippen LogP) is 4.04. The van der Waals surface area contributed by atoms with E-state index in [2.05, 4.69) is 17.1 Å². The molecule has 7 heteroatoms. The van der Waals surface area contributed by atoms with Gasteiger partial charge in [-0.15, -0.1) is 0 Å². The van der Waals surface area contributed by atoms with Gasteiger partial charge < -0.3 is 18.9 Å². The van der Waals surface area contributed by atoms with Gasteiger partial charge >= 0.3 is 0 Å². The Morgan fingerprint density at radius 2 is 2.07 bits per heavy atom. The van der Waals surface area contributed by atoms with E-state index in [4.69, 9.17) is 14.0 Å². The molecule has 3 rings (SSSR count). The van der Waals surface area contributed by atoms with E-state index in [9.17, 15) is 4.79 Å². The zero-order valence-corrected chi connectivity index (χ0v) is 16.9. The van der Waals surface area contributed by atoms with E-state index in [0.717, 1.165) is 44.2 Å². The molecular formula is C21H29N3O4. The fourth-order valence-corrected chi connectivity index (χ4v) is 3.58. The molecule has 1 unspecified atom stereocenters. The lowest BCUT2D eigenvalue weighted by Crippen LogP contribution is -2.39. The molecule has 1 atom stereocenters. The lowest BCUT2D eigenvalue weighted by Gasteiger charge is -2.31. The topological polar surface area (TPSA) is 77.7 Å². The molecule has 0 spiro atoms. The van der Waals surface area contributed by atoms with Crippen LogP contribution in [0.3, 0.4) is 0 Å². The summed E-state index contributed by atoms with van der Waals surface area (Å²) < 4.78 is 16.2. The number of carbonyl (C=O) groups excluding carboxylic acids is 1. The summed E-state index contributed by atoms with van der Waals surface area (Å²) in [5.41, 5.74) is 0.802. The van der Waals surface area contributed by atoms with E-state index in [0.29, 0.717) is 36.2 Å². The lowest BCUT2D eigenvalue weighted by atomic mass is 9.97. The number of piperidine rings is 1. The SMILES string of the molecule is CCCCCC(=O)N1CCCC(c2nc(-c3ccc(OC)c(OC)c3)no2)C1. The maximum atomic E-state index is 12.4. The smallest absolute Gasteiger partial charge is 0.231 e. The molecule has 2 heterocycles. The average Bonchev–Trinajstić information content (AvgIpc) is 3.23. The molecule has 0 aliphatic carbocycles. The van der Waals surface area contributed by atoms with Crippen molar-refractivity contribution in [3.05, 3.63) is 24.1 Å². The van der Waals surface area contributed by atoms with Gasteiger partial charge in [0.15, 0.2) is 11.5 Å². The summed E-state index contributed by atoms with van der Waals surface area (Å²) in [5.74, 6) is 2.70. The molecule has 1 aliphatic rings. The van der Waals surface area contributed by atoms with E-state index in [1.165, 1.54) is 0 Å². The van der Waals surface area contributed by atoms with Gasteiger partial charge in [0.2, 0.25) is 17.6 Å². The van der Waals surface area contributed by atoms with Crippen molar-refractivity contribution in [2.75, 3.05) is 27.3 Å². The van der Waals surface area contributed by atoms with Crippen LogP contribution in [0.15, 0.2) is 22.7 Å². The van der Waals surface area contributed by atoms with Gasteiger partial charge in [-0.1, -0.05) is 24.9 Å². The van der Waals surface area contributed by atoms with Gasteiger partial charge in [-0.05, 0) is 37.5 Å². The second-order valence-electron chi connectivity index (χ2n) is 7.16. The van der Waals surface area contributed by atoms with Crippen molar-refractivity contribution in [2.24, 2.45) is 0 Å². The number of hydrogen-bond acceptors (Lipinski definition) is 6. The second kappa shape index (κ2) is 9.57. The van der Waals surface area contributed by atoms with Crippen molar-refractivity contribution < 1.29 is 18.8 Å². The molecule has 152 valence electrons. The first-order valence-electron chi connectivity index (χ1n) is 10.00. The zero-order chi connectivity index (χ0) is 19.9. The number of hydrogen-bond donors (Lipinski definition) is 0. The molecule has 1 amide bonds. The minimum Gasteiger partial charge on any atom is -0.493 e. The van der Waals surface area contributed by atoms with Crippen LogP contribution >= 0.6 is 0 Å². The van der Waals surface area contributed by atoms with Gasteiger partial charge in [-0.2, -0.15) is 4.98 Å². The van der Waals surface area contributed by atoms with Crippen molar-refractivity contribution in [1.29, 1.82) is 0 Å². The quantitative estimate of drug-likeness (QED) is 0.636. The van der Waals surface area contributed by atoms with Crippen LogP contribution in [-0.4, -0.2) is 48.3 Å². The highest BCUT2D eigenvalue weighted by molar-refractivity contribution is 5.76. The maximum absolute atomic E-state index is 12.4. The Balaban J connectivity index is 1.68. The fourth-order valence-electron chi connectivity index (χ4n) is 3.58. The maximum Gasteiger partial charge on any atom is 0.231 e. The van der Waals surface area contributed by atoms with Crippen molar-refractivity contribution in [3.63, 3.8) is 0 Å². The third kappa shape index (κ3) is 4.64. The van der Waals surface area contributed by atoms with E-state index in [1.807, 2.05) is 23.1 Å². The second-order valence-corrected chi connectivity index (χ2v) is 7.16. The molecule has 28 heavy (non-hydrogen) atoms. The van der Waals surface area contributed by atoms with E-state index < -0.39 is 0 Å². The molecule has 0 N–H and O–H groups in total. The number of ether oxygens (including phenoxy) is 2. The predicted molar refractivity (Wildman–Crippen MR) is 106 cm³/mol. The van der Waals surface area contributed by atoms with Crippen molar-refractivity contribution in [3.8, 4) is 22.9 Å². The van der Waals surface area contributed by atoms with Crippen LogP contribution in [0.5, 0.6) is 11.5 Å². The monoisotopic (exact) mass is 387 g/mol. The summed E-state index contributed by atoms with van der Waals surface area (Å²) in [4.78, 5) is 19.0. The standard InChI is InChI=1S/C21H29N3O4/c1-4-5-6-9-19(25)24-12-7-8-16(14-24)21-22-20(23-28-21)15-10-11-17(26-2)18(13-15)27-3/h10-11,13,16H,4-9,12,14H2,1-3H3. The Bertz CT molecular complexity index is 790. The summed E-state index contributed by atoms with van der Waals surface area (Å²) in [6, 6.07) is 5.53. The first-order chi connectivity index (χ1) is 13.7. The van der Waals surface area contributed by atoms with Crippen LogP contribution in [-0.2, 0) is 4.79 Å². The number of rotatable bonds is 8. The number of aromatic nitrogens is 2. The molecular weight excluding hydrogens is 358 g/mol. The number of likely N-dealkylation sites (tertiary alicyclic amines) is 1. The molecule has 0 saturated carbocycles. The third-order valence-electron chi connectivity index (χ3n) is 5.20. The number of benzene rings is 1. The highest BCUT2D eigenvalue weighted by Gasteiger charge is 2.28. The molecule has 1 aromatic heterocycles. The van der Waals surface area contributed by atoms with Crippen LogP contribution in [0.4, 0.5) is 0 Å². The molecule has 1 saturated heterocycles. The van der Waals surface area contributed by atoms with Gasteiger partial charge in [0, 0.05) is 25.1 Å². The summed E-state index contributed by atoms with van der Waals surface area (Å²) >= 11 is 0. The minimum absolute atomic E-state index is 0.0882. The van der Waals surface area contributed by atoms with E-state index in [1.54, 1.807) is 14.2 Å². The molecule has 1 aliphatic heterocycles. The average molecular weight is 387 g/mol. The van der Waals surface area contributed by atoms with Crippen molar-refractivity contribution in [1.82, 2.24) is 15.0 Å². The summed E-state index contributed by atoms with van der Waals surface area (Å²) in [7, 11) is 3.19. The van der Waals surface area contributed by atoms with Crippen LogP contribution in [0.25, 0.3) is 11.4 Å². The first kappa shape index (κ1) is 20.2. The van der Waals surface area contributed by atoms with Gasteiger partial charge in [-0.3, -0.25) is 4.79 Å². The molecule has 1 aromatic carbocycles. The van der Waals surface area contributed by atoms with Crippen molar-refractivity contribution >= 4 is 5.91 Å². The Hall–Kier alpha value is -2.57. The number of nitrogens with zero attached hydrogens (tertiary/aromatic N) is 3. The Kier molecular flexibility index (Phi) is 6.90. The number of methoxy groups -OCH3 is 2. The highest BCUT2D eigenvalue weighted by Crippen LogP contribution is 2.32. The molecule has 7 nitrogen and oxygen atoms in total. The summed E-state index contributed by atoms with van der Waals surface area (Å²) in [6.45, 7) is 3.61. The van der Waals surface area contributed by atoms with Crippen LogP contribution in [0.2, 0.25) is 0 Å². The highest BCUT2D eigenvalue weighted by atomic mass is 16.5. The third-order valence-corrected chi connectivity index (χ3v) is 5.20. The minimum atomic E-state index is 0.0882. The molecule has 1 fully saturated rings.